The largest absolute Gasteiger partial charge is 0.350 e. The van der Waals surface area contributed by atoms with Crippen molar-refractivity contribution in [3.05, 3.63) is 41.7 Å². The lowest BCUT2D eigenvalue weighted by Crippen LogP contribution is -1.89. The first-order valence-corrected chi connectivity index (χ1v) is 9.05. The van der Waals surface area contributed by atoms with Crippen LogP contribution in [0.3, 0.4) is 0 Å². The molecule has 0 aliphatic carbocycles. The molecule has 0 aliphatic rings. The van der Waals surface area contributed by atoms with Gasteiger partial charge in [0, 0.05) is 8.27 Å². The van der Waals surface area contributed by atoms with Gasteiger partial charge in [0.15, 0.2) is 0 Å². The number of benzene rings is 1. The van der Waals surface area contributed by atoms with Crippen molar-refractivity contribution in [2.24, 2.45) is 0 Å². The summed E-state index contributed by atoms with van der Waals surface area (Å²) in [6, 6.07) is 9.88. The molecule has 0 heterocycles. The van der Waals surface area contributed by atoms with E-state index in [-0.39, 0.29) is 8.27 Å². The Morgan fingerprint density at radius 3 is 2.29 bits per heavy atom. The Morgan fingerprint density at radius 1 is 1.18 bits per heavy atom. The monoisotopic (exact) mass is 272 g/mol. The van der Waals surface area contributed by atoms with Crippen molar-refractivity contribution in [3.8, 4) is 0 Å². The Bertz CT molecular complexity index is 380. The highest BCUT2D eigenvalue weighted by molar-refractivity contribution is 8.21. The average molecular weight is 272 g/mol. The molecule has 1 rings (SSSR count). The van der Waals surface area contributed by atoms with Crippen LogP contribution in [0.15, 0.2) is 36.1 Å². The highest BCUT2D eigenvalue weighted by Gasteiger charge is 2.21. The lowest BCUT2D eigenvalue weighted by molar-refractivity contribution is 0.236. The van der Waals surface area contributed by atoms with E-state index in [1.54, 1.807) is 0 Å². The number of hydrogen-bond acceptors (Lipinski definition) is 3. The van der Waals surface area contributed by atoms with Gasteiger partial charge in [-0.25, -0.2) is 0 Å². The van der Waals surface area contributed by atoms with Crippen LogP contribution >= 0.6 is 15.6 Å². The first-order chi connectivity index (χ1) is 8.20. The van der Waals surface area contributed by atoms with Crippen molar-refractivity contribution < 1.29 is 13.6 Å². The summed E-state index contributed by atoms with van der Waals surface area (Å²) in [5.74, 6) is 1.86. The van der Waals surface area contributed by atoms with E-state index in [2.05, 4.69) is 0 Å². The van der Waals surface area contributed by atoms with Gasteiger partial charge in [0.1, 0.15) is 0 Å². The Balaban J connectivity index is 2.58. The third-order valence-electron chi connectivity index (χ3n) is 1.91. The molecular weight excluding hydrogens is 254 g/mol. The second-order valence-corrected chi connectivity index (χ2v) is 7.73. The van der Waals surface area contributed by atoms with Crippen molar-refractivity contribution >= 4 is 21.6 Å². The van der Waals surface area contributed by atoms with E-state index in [9.17, 15) is 4.57 Å². The van der Waals surface area contributed by atoms with Crippen LogP contribution in [0, 0.1) is 0 Å². The fourth-order valence-electron chi connectivity index (χ4n) is 1.24. The van der Waals surface area contributed by atoms with Gasteiger partial charge in [-0.2, -0.15) is 0 Å². The Morgan fingerprint density at radius 2 is 1.76 bits per heavy atom. The molecule has 1 aromatic carbocycles. The second kappa shape index (κ2) is 7.79. The average Bonchev–Trinajstić information content (AvgIpc) is 2.31. The topological polar surface area (TPSA) is 35.5 Å². The summed E-state index contributed by atoms with van der Waals surface area (Å²) < 4.78 is 22.5. The molecule has 0 amide bonds. The summed E-state index contributed by atoms with van der Waals surface area (Å²) in [4.78, 5) is 0. The molecule has 3 nitrogen and oxygen atoms in total. The fourth-order valence-corrected chi connectivity index (χ4v) is 4.59. The maximum absolute atomic E-state index is 12.1. The van der Waals surface area contributed by atoms with E-state index in [0.29, 0.717) is 13.2 Å². The van der Waals surface area contributed by atoms with E-state index in [1.165, 1.54) is 0 Å². The van der Waals surface area contributed by atoms with Crippen LogP contribution < -0.4 is 0 Å². The van der Waals surface area contributed by atoms with Gasteiger partial charge in [0.25, 0.3) is 0 Å². The third-order valence-corrected chi connectivity index (χ3v) is 5.90. The zero-order valence-electron chi connectivity index (χ0n) is 10.1. The molecule has 0 aliphatic heterocycles. The summed E-state index contributed by atoms with van der Waals surface area (Å²) >= 11 is 0. The first-order valence-electron chi connectivity index (χ1n) is 5.58. The second-order valence-electron chi connectivity index (χ2n) is 3.21. The molecule has 5 heteroatoms. The van der Waals surface area contributed by atoms with Gasteiger partial charge in [-0.15, -0.1) is 0 Å². The minimum atomic E-state index is -2.92. The Hall–Kier alpha value is -0.460. The van der Waals surface area contributed by atoms with Crippen molar-refractivity contribution in [2.75, 3.05) is 13.2 Å². The number of hydrogen-bond donors (Lipinski definition) is 0. The molecule has 0 aromatic heterocycles. The molecule has 0 bridgehead atoms. The molecule has 1 aromatic rings. The van der Waals surface area contributed by atoms with Crippen molar-refractivity contribution in [1.82, 2.24) is 0 Å². The van der Waals surface area contributed by atoms with Gasteiger partial charge < -0.3 is 9.05 Å². The predicted molar refractivity (Wildman–Crippen MR) is 74.6 cm³/mol. The standard InChI is InChI=1S/C12H18O3P2/c1-3-14-17(13,15-4-2)16-11-10-12-8-6-5-7-9-12/h5-11,16H,3-4H2,1-2H3/b11-10+. The van der Waals surface area contributed by atoms with E-state index >= 15 is 0 Å². The SMILES string of the molecule is CCOP(=O)(OCC)P/C=C/c1ccccc1. The normalized spacial score (nSPS) is 12.8. The summed E-state index contributed by atoms with van der Waals surface area (Å²) in [6.45, 7) is 4.45. The van der Waals surface area contributed by atoms with Gasteiger partial charge in [-0.3, -0.25) is 4.57 Å². The molecule has 0 fully saturated rings. The summed E-state index contributed by atoms with van der Waals surface area (Å²) in [6.07, 6.45) is 1.93. The third kappa shape index (κ3) is 5.61. The smallest absolute Gasteiger partial charge is 0.306 e. The summed E-state index contributed by atoms with van der Waals surface area (Å²) in [7, 11) is -2.87. The van der Waals surface area contributed by atoms with Crippen LogP contribution in [0.2, 0.25) is 0 Å². The molecule has 1 atom stereocenters. The highest BCUT2D eigenvalue weighted by Crippen LogP contribution is 2.66. The van der Waals surface area contributed by atoms with Crippen molar-refractivity contribution in [1.29, 1.82) is 0 Å². The van der Waals surface area contributed by atoms with Gasteiger partial charge >= 0.3 is 7.28 Å². The first kappa shape index (κ1) is 14.6. The van der Waals surface area contributed by atoms with Gasteiger partial charge in [-0.1, -0.05) is 42.2 Å². The molecule has 0 N–H and O–H groups in total. The van der Waals surface area contributed by atoms with Gasteiger partial charge in [-0.05, 0) is 19.4 Å². The Labute approximate surface area is 104 Å². The van der Waals surface area contributed by atoms with Crippen LogP contribution in [0.5, 0.6) is 0 Å². The maximum Gasteiger partial charge on any atom is 0.350 e. The minimum Gasteiger partial charge on any atom is -0.306 e. The van der Waals surface area contributed by atoms with Crippen LogP contribution in [-0.4, -0.2) is 13.2 Å². The van der Waals surface area contributed by atoms with E-state index in [4.69, 9.17) is 9.05 Å². The summed E-state index contributed by atoms with van der Waals surface area (Å²) in [5.41, 5.74) is 1.08. The van der Waals surface area contributed by atoms with Crippen LogP contribution in [0.4, 0.5) is 0 Å². The minimum absolute atomic E-state index is 0.0460. The lowest BCUT2D eigenvalue weighted by atomic mass is 10.2. The lowest BCUT2D eigenvalue weighted by Gasteiger charge is -2.14. The fraction of sp³-hybridized carbons (Fsp3) is 0.333. The Kier molecular flexibility index (Phi) is 6.69. The predicted octanol–water partition coefficient (Wildman–Crippen LogP) is 4.52. The van der Waals surface area contributed by atoms with Crippen LogP contribution in [0.1, 0.15) is 19.4 Å². The maximum atomic E-state index is 12.1. The highest BCUT2D eigenvalue weighted by atomic mass is 32.1. The molecule has 94 valence electrons. The molecular formula is C12H18O3P2. The summed E-state index contributed by atoms with van der Waals surface area (Å²) in [5, 5.41) is 0. The number of rotatable bonds is 7. The molecule has 0 spiro atoms. The molecule has 0 radical (unpaired) electrons. The van der Waals surface area contributed by atoms with E-state index < -0.39 is 7.28 Å². The van der Waals surface area contributed by atoms with Crippen molar-refractivity contribution in [2.45, 2.75) is 13.8 Å². The van der Waals surface area contributed by atoms with Crippen LogP contribution in [0.25, 0.3) is 6.08 Å². The quantitative estimate of drug-likeness (QED) is 0.685. The van der Waals surface area contributed by atoms with E-state index in [1.807, 2.05) is 56.1 Å². The molecule has 0 saturated heterocycles. The zero-order chi connectivity index (χ0) is 12.6. The zero-order valence-corrected chi connectivity index (χ0v) is 12.0. The molecule has 17 heavy (non-hydrogen) atoms. The van der Waals surface area contributed by atoms with Crippen molar-refractivity contribution in [3.63, 3.8) is 0 Å². The van der Waals surface area contributed by atoms with Gasteiger partial charge in [0.2, 0.25) is 0 Å². The van der Waals surface area contributed by atoms with E-state index in [0.717, 1.165) is 5.56 Å². The molecule has 0 saturated carbocycles. The van der Waals surface area contributed by atoms with Crippen LogP contribution in [-0.2, 0) is 13.6 Å². The molecule has 1 unspecified atom stereocenters. The van der Waals surface area contributed by atoms with Gasteiger partial charge in [0.05, 0.1) is 13.2 Å².